The molecule has 2 aliphatic rings. The lowest BCUT2D eigenvalue weighted by Crippen LogP contribution is -2.65. The molecule has 1 N–H and O–H groups in total. The number of nitrogens with one attached hydrogen (secondary N) is 1. The minimum atomic E-state index is -0.0877. The van der Waals surface area contributed by atoms with Crippen molar-refractivity contribution in [3.63, 3.8) is 0 Å². The zero-order valence-electron chi connectivity index (χ0n) is 17.4. The predicted octanol–water partition coefficient (Wildman–Crippen LogP) is 3.34. The number of hydrogen-bond acceptors (Lipinski definition) is 4. The van der Waals surface area contributed by atoms with Crippen LogP contribution in [0.2, 0.25) is 0 Å². The summed E-state index contributed by atoms with van der Waals surface area (Å²) in [5.74, 6) is 0.00568. The average molecular weight is 398 g/mol. The van der Waals surface area contributed by atoms with Crippen LogP contribution in [0.5, 0.6) is 0 Å². The maximum atomic E-state index is 12.7. The van der Waals surface area contributed by atoms with Crippen LogP contribution in [-0.4, -0.2) is 34.2 Å². The van der Waals surface area contributed by atoms with Gasteiger partial charge in [0.25, 0.3) is 5.56 Å². The van der Waals surface area contributed by atoms with E-state index in [0.717, 1.165) is 36.9 Å². The Morgan fingerprint density at radius 1 is 1.31 bits per heavy atom. The fourth-order valence-electron chi connectivity index (χ4n) is 5.25. The third-order valence-corrected chi connectivity index (χ3v) is 6.91. The predicted molar refractivity (Wildman–Crippen MR) is 113 cm³/mol. The molecule has 1 heterocycles. The molecule has 6 heteroatoms. The number of benzene rings is 1. The SMILES string of the molecule is CCOC1CC(NC(=O)CCn2cnc3c(C)cccc3c2=O)C12CCCCC2. The van der Waals surface area contributed by atoms with Gasteiger partial charge in [0.2, 0.25) is 5.91 Å². The third kappa shape index (κ3) is 3.70. The molecule has 1 aromatic carbocycles. The van der Waals surface area contributed by atoms with E-state index in [0.29, 0.717) is 11.9 Å². The number of ether oxygens (including phenoxy) is 1. The fourth-order valence-corrected chi connectivity index (χ4v) is 5.25. The first kappa shape index (κ1) is 20.1. The summed E-state index contributed by atoms with van der Waals surface area (Å²) in [4.78, 5) is 29.8. The molecular formula is C23H31N3O3. The Kier molecular flexibility index (Phi) is 5.72. The van der Waals surface area contributed by atoms with Gasteiger partial charge in [-0.25, -0.2) is 4.98 Å². The first-order valence-corrected chi connectivity index (χ1v) is 10.9. The van der Waals surface area contributed by atoms with Crippen LogP contribution >= 0.6 is 0 Å². The van der Waals surface area contributed by atoms with Gasteiger partial charge in [-0.05, 0) is 44.7 Å². The largest absolute Gasteiger partial charge is 0.378 e. The van der Waals surface area contributed by atoms with Crippen LogP contribution in [0.4, 0.5) is 0 Å². The highest BCUT2D eigenvalue weighted by Crippen LogP contribution is 2.53. The summed E-state index contributed by atoms with van der Waals surface area (Å²) in [5, 5.41) is 3.85. The van der Waals surface area contributed by atoms with E-state index in [2.05, 4.69) is 10.3 Å². The molecule has 0 saturated heterocycles. The van der Waals surface area contributed by atoms with Crippen molar-refractivity contribution < 1.29 is 9.53 Å². The van der Waals surface area contributed by atoms with Gasteiger partial charge < -0.3 is 10.1 Å². The number of fused-ring (bicyclic) bond motifs is 1. The number of aryl methyl sites for hydroxylation is 2. The third-order valence-electron chi connectivity index (χ3n) is 6.91. The van der Waals surface area contributed by atoms with Gasteiger partial charge in [0.1, 0.15) is 0 Å². The second-order valence-electron chi connectivity index (χ2n) is 8.56. The quantitative estimate of drug-likeness (QED) is 0.811. The molecule has 2 fully saturated rings. The summed E-state index contributed by atoms with van der Waals surface area (Å²) in [6, 6.07) is 5.80. The van der Waals surface area contributed by atoms with E-state index in [-0.39, 0.29) is 35.4 Å². The Morgan fingerprint density at radius 2 is 2.10 bits per heavy atom. The number of carbonyl (C=O) groups excluding carboxylic acids is 1. The average Bonchev–Trinajstić information content (AvgIpc) is 2.74. The van der Waals surface area contributed by atoms with Gasteiger partial charge in [0.15, 0.2) is 0 Å². The Morgan fingerprint density at radius 3 is 2.86 bits per heavy atom. The molecule has 2 aromatic rings. The van der Waals surface area contributed by atoms with E-state index in [1.165, 1.54) is 19.3 Å². The second kappa shape index (κ2) is 8.27. The summed E-state index contributed by atoms with van der Waals surface area (Å²) in [6.45, 7) is 5.06. The van der Waals surface area contributed by atoms with Crippen LogP contribution in [0.15, 0.2) is 29.3 Å². The maximum absolute atomic E-state index is 12.7. The molecule has 1 spiro atoms. The molecule has 0 bridgehead atoms. The van der Waals surface area contributed by atoms with Gasteiger partial charge in [-0.3, -0.25) is 14.2 Å². The molecule has 156 valence electrons. The lowest BCUT2D eigenvalue weighted by molar-refractivity contribution is -0.157. The number of aromatic nitrogens is 2. The Hall–Kier alpha value is -2.21. The van der Waals surface area contributed by atoms with Crippen molar-refractivity contribution in [2.45, 2.75) is 77.5 Å². The number of amides is 1. The van der Waals surface area contributed by atoms with Gasteiger partial charge in [0.05, 0.1) is 23.3 Å². The highest BCUT2D eigenvalue weighted by atomic mass is 16.5. The summed E-state index contributed by atoms with van der Waals surface area (Å²) in [6.07, 6.45) is 8.99. The summed E-state index contributed by atoms with van der Waals surface area (Å²) in [7, 11) is 0. The Bertz CT molecular complexity index is 946. The van der Waals surface area contributed by atoms with Crippen LogP contribution < -0.4 is 10.9 Å². The van der Waals surface area contributed by atoms with E-state index in [1.807, 2.05) is 26.0 Å². The van der Waals surface area contributed by atoms with Gasteiger partial charge in [-0.2, -0.15) is 0 Å². The minimum absolute atomic E-state index is 0.00568. The number of carbonyl (C=O) groups is 1. The van der Waals surface area contributed by atoms with Crippen molar-refractivity contribution in [3.05, 3.63) is 40.4 Å². The van der Waals surface area contributed by atoms with E-state index in [4.69, 9.17) is 4.74 Å². The lowest BCUT2D eigenvalue weighted by Gasteiger charge is -2.57. The van der Waals surface area contributed by atoms with Gasteiger partial charge >= 0.3 is 0 Å². The van der Waals surface area contributed by atoms with Crippen molar-refractivity contribution in [2.24, 2.45) is 5.41 Å². The number of nitrogens with zero attached hydrogens (tertiary/aromatic N) is 2. The molecule has 0 radical (unpaired) electrons. The molecule has 0 aliphatic heterocycles. The molecule has 1 amide bonds. The zero-order chi connectivity index (χ0) is 20.4. The Balaban J connectivity index is 1.40. The van der Waals surface area contributed by atoms with Gasteiger partial charge in [0, 0.05) is 31.0 Å². The fraction of sp³-hybridized carbons (Fsp3) is 0.609. The molecular weight excluding hydrogens is 366 g/mol. The van der Waals surface area contributed by atoms with E-state index >= 15 is 0 Å². The summed E-state index contributed by atoms with van der Waals surface area (Å²) in [5.41, 5.74) is 1.74. The molecule has 29 heavy (non-hydrogen) atoms. The monoisotopic (exact) mass is 397 g/mol. The Labute approximate surface area is 171 Å². The maximum Gasteiger partial charge on any atom is 0.261 e. The number of rotatable bonds is 6. The van der Waals surface area contributed by atoms with Gasteiger partial charge in [-0.15, -0.1) is 0 Å². The number of para-hydroxylation sites is 1. The van der Waals surface area contributed by atoms with Crippen LogP contribution in [0.25, 0.3) is 10.9 Å². The van der Waals surface area contributed by atoms with Crippen LogP contribution in [0.3, 0.4) is 0 Å². The molecule has 2 unspecified atom stereocenters. The van der Waals surface area contributed by atoms with E-state index in [1.54, 1.807) is 17.0 Å². The molecule has 6 nitrogen and oxygen atoms in total. The standard InChI is InChI=1S/C23H31N3O3/c1-3-29-19-14-18(23(19)11-5-4-6-12-23)25-20(27)10-13-26-15-24-21-16(2)8-7-9-17(21)22(26)28/h7-9,15,18-19H,3-6,10-14H2,1-2H3,(H,25,27). The zero-order valence-corrected chi connectivity index (χ0v) is 17.4. The lowest BCUT2D eigenvalue weighted by atomic mass is 9.55. The van der Waals surface area contributed by atoms with Crippen molar-refractivity contribution >= 4 is 16.8 Å². The van der Waals surface area contributed by atoms with Gasteiger partial charge in [-0.1, -0.05) is 31.4 Å². The molecule has 2 atom stereocenters. The van der Waals surface area contributed by atoms with Crippen molar-refractivity contribution in [1.82, 2.24) is 14.9 Å². The molecule has 2 saturated carbocycles. The first-order valence-electron chi connectivity index (χ1n) is 10.9. The summed E-state index contributed by atoms with van der Waals surface area (Å²) < 4.78 is 7.52. The van der Waals surface area contributed by atoms with E-state index < -0.39 is 0 Å². The van der Waals surface area contributed by atoms with Crippen LogP contribution in [-0.2, 0) is 16.1 Å². The molecule has 1 aromatic heterocycles. The molecule has 4 rings (SSSR count). The highest BCUT2D eigenvalue weighted by Gasteiger charge is 2.55. The summed E-state index contributed by atoms with van der Waals surface area (Å²) >= 11 is 0. The van der Waals surface area contributed by atoms with Crippen molar-refractivity contribution in [3.8, 4) is 0 Å². The van der Waals surface area contributed by atoms with Crippen LogP contribution in [0, 0.1) is 12.3 Å². The first-order chi connectivity index (χ1) is 14.0. The normalized spacial score (nSPS) is 23.1. The molecule has 2 aliphatic carbocycles. The van der Waals surface area contributed by atoms with Crippen molar-refractivity contribution in [1.29, 1.82) is 0 Å². The van der Waals surface area contributed by atoms with Crippen molar-refractivity contribution in [2.75, 3.05) is 6.61 Å². The second-order valence-corrected chi connectivity index (χ2v) is 8.56. The number of hydrogen-bond donors (Lipinski definition) is 1. The minimum Gasteiger partial charge on any atom is -0.378 e. The smallest absolute Gasteiger partial charge is 0.261 e. The topological polar surface area (TPSA) is 73.2 Å². The highest BCUT2D eigenvalue weighted by molar-refractivity contribution is 5.80. The van der Waals surface area contributed by atoms with E-state index in [9.17, 15) is 9.59 Å². The van der Waals surface area contributed by atoms with Crippen LogP contribution in [0.1, 0.15) is 57.4 Å².